The van der Waals surface area contributed by atoms with E-state index in [-0.39, 0.29) is 0 Å². The number of hydrogen-bond donors (Lipinski definition) is 0. The molecule has 170 valence electrons. The second-order valence-corrected chi connectivity index (χ2v) is 8.68. The van der Waals surface area contributed by atoms with Crippen LogP contribution in [0, 0.1) is 0 Å². The van der Waals surface area contributed by atoms with E-state index in [1.165, 1.54) is 21.8 Å². The average molecular weight is 464 g/mol. The minimum atomic E-state index is 0.760. The Labute approximate surface area is 207 Å². The number of pyridine rings is 1. The zero-order valence-corrected chi connectivity index (χ0v) is 19.4. The molecule has 0 bridgehead atoms. The summed E-state index contributed by atoms with van der Waals surface area (Å²) < 4.78 is 4.41. The Morgan fingerprint density at radius 2 is 1.03 bits per heavy atom. The van der Waals surface area contributed by atoms with E-state index < -0.39 is 0 Å². The fraction of sp³-hybridized carbons (Fsp3) is 0. The minimum Gasteiger partial charge on any atom is -0.309 e. The van der Waals surface area contributed by atoms with Crippen LogP contribution in [0.1, 0.15) is 0 Å². The lowest BCUT2D eigenvalue weighted by Gasteiger charge is -2.12. The van der Waals surface area contributed by atoms with E-state index >= 15 is 0 Å². The first-order chi connectivity index (χ1) is 17.9. The molecule has 7 rings (SSSR count). The van der Waals surface area contributed by atoms with Gasteiger partial charge in [-0.2, -0.15) is 0 Å². The molecule has 0 N–H and O–H groups in total. The normalized spacial score (nSPS) is 11.3. The van der Waals surface area contributed by atoms with Crippen LogP contribution in [0.5, 0.6) is 0 Å². The fourth-order valence-electron chi connectivity index (χ4n) is 4.94. The Morgan fingerprint density at radius 1 is 0.444 bits per heavy atom. The molecule has 7 aromatic rings. The first kappa shape index (κ1) is 20.4. The van der Waals surface area contributed by atoms with Crippen LogP contribution in [0.2, 0.25) is 0 Å². The van der Waals surface area contributed by atoms with E-state index in [4.69, 9.17) is 0 Å². The van der Waals surface area contributed by atoms with Gasteiger partial charge in [-0.25, -0.2) is 0 Å². The largest absolute Gasteiger partial charge is 0.309 e. The van der Waals surface area contributed by atoms with Gasteiger partial charge in [0.05, 0.1) is 11.0 Å². The molecule has 0 saturated heterocycles. The van der Waals surface area contributed by atoms with Gasteiger partial charge in [-0.05, 0) is 60.7 Å². The molecular weight excluding hydrogens is 442 g/mol. The van der Waals surface area contributed by atoms with E-state index in [1.54, 1.807) is 6.20 Å². The van der Waals surface area contributed by atoms with Crippen LogP contribution in [0.25, 0.3) is 56.0 Å². The quantitative estimate of drug-likeness (QED) is 0.280. The summed E-state index contributed by atoms with van der Waals surface area (Å²) in [5.74, 6) is 1.55. The number of para-hydroxylation sites is 3. The summed E-state index contributed by atoms with van der Waals surface area (Å²) in [6.07, 6.45) is 3.58. The molecule has 0 amide bonds. The molecule has 5 heteroatoms. The van der Waals surface area contributed by atoms with E-state index in [0.717, 1.165) is 34.2 Å². The van der Waals surface area contributed by atoms with Gasteiger partial charge >= 0.3 is 0 Å². The molecule has 4 aromatic carbocycles. The van der Waals surface area contributed by atoms with Crippen molar-refractivity contribution < 1.29 is 0 Å². The average Bonchev–Trinajstić information content (AvgIpc) is 3.54. The summed E-state index contributed by atoms with van der Waals surface area (Å²) in [6, 6.07) is 39.8. The molecule has 0 radical (unpaired) electrons. The molecule has 0 atom stereocenters. The highest BCUT2D eigenvalue weighted by Gasteiger charge is 2.18. The Balaban J connectivity index is 1.39. The lowest BCUT2D eigenvalue weighted by atomic mass is 10.1. The molecule has 0 aliphatic rings. The van der Waals surface area contributed by atoms with Crippen molar-refractivity contribution in [3.8, 4) is 34.2 Å². The Bertz CT molecular complexity index is 1760. The third kappa shape index (κ3) is 3.21. The van der Waals surface area contributed by atoms with Gasteiger partial charge in [0.2, 0.25) is 0 Å². The van der Waals surface area contributed by atoms with Gasteiger partial charge in [0.1, 0.15) is 0 Å². The molecule has 0 saturated carbocycles. The monoisotopic (exact) mass is 463 g/mol. The first-order valence-corrected chi connectivity index (χ1v) is 11.9. The van der Waals surface area contributed by atoms with E-state index in [9.17, 15) is 0 Å². The van der Waals surface area contributed by atoms with Gasteiger partial charge in [-0.1, -0.05) is 54.6 Å². The summed E-state index contributed by atoms with van der Waals surface area (Å²) in [6.45, 7) is 0. The van der Waals surface area contributed by atoms with Crippen molar-refractivity contribution >= 4 is 21.8 Å². The Kier molecular flexibility index (Phi) is 4.71. The fourth-order valence-corrected chi connectivity index (χ4v) is 4.94. The van der Waals surface area contributed by atoms with Crippen molar-refractivity contribution in [1.82, 2.24) is 24.3 Å². The Morgan fingerprint density at radius 3 is 1.67 bits per heavy atom. The third-order valence-corrected chi connectivity index (χ3v) is 6.56. The molecule has 0 aliphatic carbocycles. The number of benzene rings is 4. The Hall–Kier alpha value is -5.03. The predicted octanol–water partition coefficient (Wildman–Crippen LogP) is 7.09. The second-order valence-electron chi connectivity index (χ2n) is 8.68. The summed E-state index contributed by atoms with van der Waals surface area (Å²) in [7, 11) is 0. The van der Waals surface area contributed by atoms with Crippen molar-refractivity contribution in [3.63, 3.8) is 0 Å². The maximum absolute atomic E-state index is 4.61. The van der Waals surface area contributed by atoms with Crippen molar-refractivity contribution in [3.05, 3.63) is 128 Å². The standard InChI is InChI=1S/C31H21N5/c1-2-10-24(11-3-1)36-30(33-34-31(36)23-9-8-20-32-21-23)22-16-18-25(19-17-22)35-28-14-6-4-12-26(28)27-13-5-7-15-29(27)35/h1-21H. The topological polar surface area (TPSA) is 48.5 Å². The van der Waals surface area contributed by atoms with Crippen molar-refractivity contribution in [2.75, 3.05) is 0 Å². The number of hydrogen-bond acceptors (Lipinski definition) is 3. The number of aromatic nitrogens is 5. The summed E-state index contributed by atoms with van der Waals surface area (Å²) in [5, 5.41) is 11.7. The molecule has 3 aromatic heterocycles. The lowest BCUT2D eigenvalue weighted by molar-refractivity contribution is 1.07. The van der Waals surface area contributed by atoms with Crippen LogP contribution in [0.4, 0.5) is 0 Å². The lowest BCUT2D eigenvalue weighted by Crippen LogP contribution is -2.00. The van der Waals surface area contributed by atoms with E-state index in [1.807, 2.05) is 36.5 Å². The maximum Gasteiger partial charge on any atom is 0.170 e. The minimum absolute atomic E-state index is 0.760. The summed E-state index contributed by atoms with van der Waals surface area (Å²) in [5.41, 5.74) is 6.40. The third-order valence-electron chi connectivity index (χ3n) is 6.56. The highest BCUT2D eigenvalue weighted by molar-refractivity contribution is 6.09. The molecule has 0 spiro atoms. The van der Waals surface area contributed by atoms with Gasteiger partial charge in [-0.15, -0.1) is 10.2 Å². The van der Waals surface area contributed by atoms with E-state index in [2.05, 4.69) is 109 Å². The molecule has 3 heterocycles. The van der Waals surface area contributed by atoms with Gasteiger partial charge in [0, 0.05) is 45.7 Å². The first-order valence-electron chi connectivity index (χ1n) is 11.9. The highest BCUT2D eigenvalue weighted by Crippen LogP contribution is 2.33. The number of rotatable bonds is 4. The van der Waals surface area contributed by atoms with Crippen molar-refractivity contribution in [2.24, 2.45) is 0 Å². The predicted molar refractivity (Wildman–Crippen MR) is 144 cm³/mol. The van der Waals surface area contributed by atoms with Gasteiger partial charge < -0.3 is 4.57 Å². The SMILES string of the molecule is c1ccc(-n2c(-c3ccc(-n4c5ccccc5c5ccccc54)cc3)nnc2-c2cccnc2)cc1. The van der Waals surface area contributed by atoms with Gasteiger partial charge in [0.15, 0.2) is 11.6 Å². The molecule has 0 unspecified atom stereocenters. The van der Waals surface area contributed by atoms with Crippen LogP contribution >= 0.6 is 0 Å². The van der Waals surface area contributed by atoms with Crippen LogP contribution in [0.15, 0.2) is 128 Å². The van der Waals surface area contributed by atoms with Gasteiger partial charge in [-0.3, -0.25) is 9.55 Å². The smallest absolute Gasteiger partial charge is 0.170 e. The van der Waals surface area contributed by atoms with E-state index in [0.29, 0.717) is 0 Å². The highest BCUT2D eigenvalue weighted by atomic mass is 15.3. The second kappa shape index (κ2) is 8.32. The van der Waals surface area contributed by atoms with Crippen LogP contribution in [-0.4, -0.2) is 24.3 Å². The molecule has 0 aliphatic heterocycles. The summed E-state index contributed by atoms with van der Waals surface area (Å²) in [4.78, 5) is 4.28. The number of fused-ring (bicyclic) bond motifs is 3. The maximum atomic E-state index is 4.61. The molecule has 5 nitrogen and oxygen atoms in total. The number of nitrogens with zero attached hydrogens (tertiary/aromatic N) is 5. The molecular formula is C31H21N5. The molecule has 0 fully saturated rings. The van der Waals surface area contributed by atoms with Crippen molar-refractivity contribution in [2.45, 2.75) is 0 Å². The zero-order chi connectivity index (χ0) is 23.9. The van der Waals surface area contributed by atoms with Crippen LogP contribution in [0.3, 0.4) is 0 Å². The van der Waals surface area contributed by atoms with Crippen molar-refractivity contribution in [1.29, 1.82) is 0 Å². The van der Waals surface area contributed by atoms with Crippen LogP contribution in [-0.2, 0) is 0 Å². The van der Waals surface area contributed by atoms with Crippen LogP contribution < -0.4 is 0 Å². The summed E-state index contributed by atoms with van der Waals surface area (Å²) >= 11 is 0. The van der Waals surface area contributed by atoms with Gasteiger partial charge in [0.25, 0.3) is 0 Å². The molecule has 36 heavy (non-hydrogen) atoms. The zero-order valence-electron chi connectivity index (χ0n) is 19.4.